The summed E-state index contributed by atoms with van der Waals surface area (Å²) >= 11 is 5.79. The number of aliphatic hydroxyl groups is 1. The summed E-state index contributed by atoms with van der Waals surface area (Å²) in [4.78, 5) is 11.7. The zero-order valence-electron chi connectivity index (χ0n) is 10.7. The molecule has 0 saturated heterocycles. The van der Waals surface area contributed by atoms with Crippen molar-refractivity contribution in [1.29, 1.82) is 0 Å². The number of rotatable bonds is 3. The van der Waals surface area contributed by atoms with Crippen LogP contribution in [0, 0.1) is 0 Å². The van der Waals surface area contributed by atoms with Gasteiger partial charge >= 0.3 is 6.03 Å². The first-order valence-electron chi connectivity index (χ1n) is 6.60. The molecule has 19 heavy (non-hydrogen) atoms. The van der Waals surface area contributed by atoms with E-state index in [1.165, 1.54) is 0 Å². The first-order chi connectivity index (χ1) is 9.13. The lowest BCUT2D eigenvalue weighted by atomic mass is 9.93. The molecule has 0 atom stereocenters. The van der Waals surface area contributed by atoms with Crippen LogP contribution in [-0.4, -0.2) is 23.3 Å². The maximum Gasteiger partial charge on any atom is 0.315 e. The molecular formula is C14H19ClN2O2. The molecule has 1 aromatic carbocycles. The Balaban J connectivity index is 1.71. The van der Waals surface area contributed by atoms with Crippen LogP contribution in [0.5, 0.6) is 0 Å². The summed E-state index contributed by atoms with van der Waals surface area (Å²) in [5, 5.41) is 15.8. The summed E-state index contributed by atoms with van der Waals surface area (Å²) in [5.74, 6) is 0. The summed E-state index contributed by atoms with van der Waals surface area (Å²) in [6, 6.07) is 7.40. The van der Waals surface area contributed by atoms with Crippen LogP contribution in [0.2, 0.25) is 5.02 Å². The van der Waals surface area contributed by atoms with Gasteiger partial charge in [-0.1, -0.05) is 23.7 Å². The average Bonchev–Trinajstić information content (AvgIpc) is 2.41. The van der Waals surface area contributed by atoms with Crippen molar-refractivity contribution < 1.29 is 9.90 Å². The normalized spacial score (nSPS) is 22.8. The molecule has 2 amide bonds. The first-order valence-corrected chi connectivity index (χ1v) is 6.98. The molecule has 2 rings (SSSR count). The third-order valence-corrected chi connectivity index (χ3v) is 3.65. The summed E-state index contributed by atoms with van der Waals surface area (Å²) in [6.07, 6.45) is 3.02. The fourth-order valence-corrected chi connectivity index (χ4v) is 2.37. The number of carbonyl (C=O) groups is 1. The van der Waals surface area contributed by atoms with Crippen LogP contribution in [0.25, 0.3) is 0 Å². The second-order valence-corrected chi connectivity index (χ2v) is 5.40. The van der Waals surface area contributed by atoms with E-state index in [1.54, 1.807) is 12.1 Å². The third-order valence-electron chi connectivity index (χ3n) is 3.40. The Morgan fingerprint density at radius 1 is 1.21 bits per heavy atom. The minimum absolute atomic E-state index is 0.156. The second kappa shape index (κ2) is 6.78. The summed E-state index contributed by atoms with van der Waals surface area (Å²) in [5.41, 5.74) is 1.01. The minimum Gasteiger partial charge on any atom is -0.393 e. The van der Waals surface area contributed by atoms with E-state index < -0.39 is 0 Å². The number of carbonyl (C=O) groups excluding carboxylic acids is 1. The molecule has 1 fully saturated rings. The van der Waals surface area contributed by atoms with Crippen molar-refractivity contribution >= 4 is 17.6 Å². The molecule has 1 aliphatic rings. The van der Waals surface area contributed by atoms with Crippen molar-refractivity contribution in [3.63, 3.8) is 0 Å². The number of nitrogens with one attached hydrogen (secondary N) is 2. The van der Waals surface area contributed by atoms with E-state index >= 15 is 0 Å². The highest BCUT2D eigenvalue weighted by Gasteiger charge is 2.20. The number of amides is 2. The van der Waals surface area contributed by atoms with Crippen LogP contribution < -0.4 is 10.6 Å². The van der Waals surface area contributed by atoms with E-state index in [2.05, 4.69) is 10.6 Å². The molecule has 5 heteroatoms. The van der Waals surface area contributed by atoms with E-state index in [4.69, 9.17) is 11.6 Å². The van der Waals surface area contributed by atoms with Crippen molar-refractivity contribution in [3.05, 3.63) is 34.9 Å². The Bertz CT molecular complexity index is 414. The second-order valence-electron chi connectivity index (χ2n) is 4.96. The van der Waals surface area contributed by atoms with Gasteiger partial charge in [-0.15, -0.1) is 0 Å². The lowest BCUT2D eigenvalue weighted by Crippen LogP contribution is -2.43. The van der Waals surface area contributed by atoms with Gasteiger partial charge in [-0.05, 0) is 43.4 Å². The zero-order chi connectivity index (χ0) is 13.7. The molecule has 1 aliphatic carbocycles. The van der Waals surface area contributed by atoms with Gasteiger partial charge in [-0.2, -0.15) is 0 Å². The lowest BCUT2D eigenvalue weighted by Gasteiger charge is -2.26. The Labute approximate surface area is 118 Å². The molecule has 0 aliphatic heterocycles. The van der Waals surface area contributed by atoms with Gasteiger partial charge in [0.25, 0.3) is 0 Å². The summed E-state index contributed by atoms with van der Waals surface area (Å²) in [6.45, 7) is 0.484. The van der Waals surface area contributed by atoms with Crippen LogP contribution in [0.15, 0.2) is 24.3 Å². The van der Waals surface area contributed by atoms with Gasteiger partial charge in [0.15, 0.2) is 0 Å². The molecule has 0 radical (unpaired) electrons. The number of hydrogen-bond donors (Lipinski definition) is 3. The molecule has 0 aromatic heterocycles. The SMILES string of the molecule is O=C(NCc1ccc(Cl)cc1)NC1CCC(O)CC1. The fraction of sp³-hybridized carbons (Fsp3) is 0.500. The summed E-state index contributed by atoms with van der Waals surface area (Å²) < 4.78 is 0. The Kier molecular flexibility index (Phi) is 5.05. The van der Waals surface area contributed by atoms with Gasteiger partial charge in [0, 0.05) is 17.6 Å². The third kappa shape index (κ3) is 4.73. The maximum absolute atomic E-state index is 11.7. The highest BCUT2D eigenvalue weighted by atomic mass is 35.5. The molecule has 1 aromatic rings. The maximum atomic E-state index is 11.7. The van der Waals surface area contributed by atoms with Gasteiger partial charge in [0.2, 0.25) is 0 Å². The molecule has 3 N–H and O–H groups in total. The molecule has 0 bridgehead atoms. The molecule has 0 spiro atoms. The van der Waals surface area contributed by atoms with E-state index in [0.29, 0.717) is 11.6 Å². The quantitative estimate of drug-likeness (QED) is 0.797. The van der Waals surface area contributed by atoms with E-state index in [1.807, 2.05) is 12.1 Å². The van der Waals surface area contributed by atoms with Gasteiger partial charge in [0.1, 0.15) is 0 Å². The molecule has 0 unspecified atom stereocenters. The van der Waals surface area contributed by atoms with Gasteiger partial charge in [0.05, 0.1) is 6.10 Å². The number of benzene rings is 1. The monoisotopic (exact) mass is 282 g/mol. The fourth-order valence-electron chi connectivity index (χ4n) is 2.24. The average molecular weight is 283 g/mol. The topological polar surface area (TPSA) is 61.4 Å². The number of urea groups is 1. The van der Waals surface area contributed by atoms with E-state index in [-0.39, 0.29) is 18.2 Å². The number of halogens is 1. The first kappa shape index (κ1) is 14.2. The van der Waals surface area contributed by atoms with Crippen molar-refractivity contribution in [2.24, 2.45) is 0 Å². The predicted octanol–water partition coefficient (Wildman–Crippen LogP) is 2.44. The van der Waals surface area contributed by atoms with Gasteiger partial charge in [-0.25, -0.2) is 4.79 Å². The number of aliphatic hydroxyl groups excluding tert-OH is 1. The van der Waals surface area contributed by atoms with Crippen LogP contribution in [0.3, 0.4) is 0 Å². The van der Waals surface area contributed by atoms with Gasteiger partial charge in [-0.3, -0.25) is 0 Å². The largest absolute Gasteiger partial charge is 0.393 e. The van der Waals surface area contributed by atoms with Crippen molar-refractivity contribution in [3.8, 4) is 0 Å². The van der Waals surface area contributed by atoms with Crippen LogP contribution in [0.1, 0.15) is 31.2 Å². The minimum atomic E-state index is -0.199. The standard InChI is InChI=1S/C14H19ClN2O2/c15-11-3-1-10(2-4-11)9-16-14(19)17-12-5-7-13(18)8-6-12/h1-4,12-13,18H,5-9H2,(H2,16,17,19). The lowest BCUT2D eigenvalue weighted by molar-refractivity contribution is 0.117. The van der Waals surface area contributed by atoms with Gasteiger partial charge < -0.3 is 15.7 Å². The van der Waals surface area contributed by atoms with Crippen LogP contribution in [-0.2, 0) is 6.54 Å². The Morgan fingerprint density at radius 3 is 2.47 bits per heavy atom. The smallest absolute Gasteiger partial charge is 0.315 e. The number of hydrogen-bond acceptors (Lipinski definition) is 2. The van der Waals surface area contributed by atoms with Crippen molar-refractivity contribution in [2.45, 2.75) is 44.4 Å². The van der Waals surface area contributed by atoms with Crippen molar-refractivity contribution in [2.75, 3.05) is 0 Å². The molecule has 1 saturated carbocycles. The molecular weight excluding hydrogens is 264 g/mol. The van der Waals surface area contributed by atoms with Crippen molar-refractivity contribution in [1.82, 2.24) is 10.6 Å². The highest BCUT2D eigenvalue weighted by molar-refractivity contribution is 6.30. The molecule has 4 nitrogen and oxygen atoms in total. The van der Waals surface area contributed by atoms with E-state index in [0.717, 1.165) is 31.2 Å². The van der Waals surface area contributed by atoms with Crippen LogP contribution in [0.4, 0.5) is 4.79 Å². The van der Waals surface area contributed by atoms with Crippen LogP contribution >= 0.6 is 11.6 Å². The predicted molar refractivity (Wildman–Crippen MR) is 75.1 cm³/mol. The Hall–Kier alpha value is -1.26. The van der Waals surface area contributed by atoms with E-state index in [9.17, 15) is 9.90 Å². The Morgan fingerprint density at radius 2 is 1.84 bits per heavy atom. The molecule has 104 valence electrons. The highest BCUT2D eigenvalue weighted by Crippen LogP contribution is 2.18. The summed E-state index contributed by atoms with van der Waals surface area (Å²) in [7, 11) is 0. The molecule has 0 heterocycles. The zero-order valence-corrected chi connectivity index (χ0v) is 11.5.